The van der Waals surface area contributed by atoms with Gasteiger partial charge in [0.1, 0.15) is 0 Å². The number of nitrogens with one attached hydrogen (secondary N) is 1. The number of hydrogen-bond acceptors (Lipinski definition) is 4. The Labute approximate surface area is 130 Å². The zero-order valence-corrected chi connectivity index (χ0v) is 13.4. The highest BCUT2D eigenvalue weighted by atomic mass is 32.2. The van der Waals surface area contributed by atoms with E-state index in [4.69, 9.17) is 5.11 Å². The van der Waals surface area contributed by atoms with Gasteiger partial charge in [-0.25, -0.2) is 8.42 Å². The number of aliphatic carboxylic acids is 1. The Morgan fingerprint density at radius 1 is 1.14 bits per heavy atom. The molecular formula is C15H21NO5S. The molecule has 1 aromatic carbocycles. The van der Waals surface area contributed by atoms with Gasteiger partial charge in [0.25, 0.3) is 0 Å². The molecule has 0 saturated carbocycles. The van der Waals surface area contributed by atoms with Gasteiger partial charge in [-0.3, -0.25) is 9.59 Å². The van der Waals surface area contributed by atoms with Gasteiger partial charge >= 0.3 is 5.97 Å². The summed E-state index contributed by atoms with van der Waals surface area (Å²) in [5, 5.41) is 11.1. The molecular weight excluding hydrogens is 306 g/mol. The van der Waals surface area contributed by atoms with Gasteiger partial charge < -0.3 is 10.4 Å². The summed E-state index contributed by atoms with van der Waals surface area (Å²) in [7, 11) is -3.20. The number of hydrogen-bond donors (Lipinski definition) is 2. The van der Waals surface area contributed by atoms with Gasteiger partial charge in [-0.2, -0.15) is 0 Å². The maximum absolute atomic E-state index is 11.7. The van der Waals surface area contributed by atoms with Crippen LogP contribution in [0.25, 0.3) is 0 Å². The third kappa shape index (κ3) is 6.26. The Bertz CT molecular complexity index is 607. The normalized spacial score (nSPS) is 11.1. The molecule has 0 spiro atoms. The van der Waals surface area contributed by atoms with Crippen molar-refractivity contribution in [2.24, 2.45) is 0 Å². The van der Waals surface area contributed by atoms with Gasteiger partial charge in [0.15, 0.2) is 9.84 Å². The second-order valence-electron chi connectivity index (χ2n) is 4.89. The van der Waals surface area contributed by atoms with Crippen LogP contribution >= 0.6 is 0 Å². The molecule has 0 bridgehead atoms. The summed E-state index contributed by atoms with van der Waals surface area (Å²) >= 11 is 0. The molecule has 22 heavy (non-hydrogen) atoms. The minimum Gasteiger partial charge on any atom is -0.481 e. The average molecular weight is 327 g/mol. The Morgan fingerprint density at radius 2 is 1.77 bits per heavy atom. The van der Waals surface area contributed by atoms with E-state index in [1.165, 1.54) is 0 Å². The summed E-state index contributed by atoms with van der Waals surface area (Å²) in [5.41, 5.74) is 0.885. The van der Waals surface area contributed by atoms with E-state index in [2.05, 4.69) is 5.32 Å². The van der Waals surface area contributed by atoms with Crippen LogP contribution in [0.3, 0.4) is 0 Å². The molecule has 0 aliphatic rings. The fraction of sp³-hybridized carbons (Fsp3) is 0.467. The minimum absolute atomic E-state index is 0.0354. The number of sulfone groups is 1. The molecule has 0 radical (unpaired) electrons. The predicted octanol–water partition coefficient (Wildman–Crippen LogP) is 1.39. The van der Waals surface area contributed by atoms with Gasteiger partial charge in [0.2, 0.25) is 5.91 Å². The number of carboxylic acid groups (broad SMARTS) is 1. The SMILES string of the molecule is CCS(=O)(=O)c1ccc(CCC(=O)NCCCC(=O)O)cc1. The number of benzene rings is 1. The van der Waals surface area contributed by atoms with Crippen LogP contribution in [0.15, 0.2) is 29.2 Å². The summed E-state index contributed by atoms with van der Waals surface area (Å²) in [6.45, 7) is 1.94. The lowest BCUT2D eigenvalue weighted by Crippen LogP contribution is -2.25. The molecule has 0 atom stereocenters. The largest absolute Gasteiger partial charge is 0.481 e. The van der Waals surface area contributed by atoms with Gasteiger partial charge in [-0.15, -0.1) is 0 Å². The highest BCUT2D eigenvalue weighted by Gasteiger charge is 2.11. The lowest BCUT2D eigenvalue weighted by Gasteiger charge is -2.06. The Hall–Kier alpha value is -1.89. The quantitative estimate of drug-likeness (QED) is 0.668. The van der Waals surface area contributed by atoms with Crippen molar-refractivity contribution in [2.45, 2.75) is 37.5 Å². The van der Waals surface area contributed by atoms with Gasteiger partial charge in [-0.05, 0) is 30.5 Å². The number of carbonyl (C=O) groups is 2. The third-order valence-corrected chi connectivity index (χ3v) is 4.94. The minimum atomic E-state index is -3.20. The molecule has 122 valence electrons. The number of carbonyl (C=O) groups excluding carboxylic acids is 1. The van der Waals surface area contributed by atoms with Crippen molar-refractivity contribution in [2.75, 3.05) is 12.3 Å². The monoisotopic (exact) mass is 327 g/mol. The van der Waals surface area contributed by atoms with Crippen LogP contribution in [0.5, 0.6) is 0 Å². The average Bonchev–Trinajstić information content (AvgIpc) is 2.49. The first-order chi connectivity index (χ1) is 10.3. The standard InChI is InChI=1S/C15H21NO5S/c1-2-22(20,21)13-8-5-12(6-9-13)7-10-14(17)16-11-3-4-15(18)19/h5-6,8-9H,2-4,7,10-11H2,1H3,(H,16,17)(H,18,19). The van der Waals surface area contributed by atoms with E-state index in [9.17, 15) is 18.0 Å². The predicted molar refractivity (Wildman–Crippen MR) is 82.4 cm³/mol. The maximum atomic E-state index is 11.7. The van der Waals surface area contributed by atoms with Crippen molar-refractivity contribution >= 4 is 21.7 Å². The van der Waals surface area contributed by atoms with Gasteiger partial charge in [0, 0.05) is 19.4 Å². The number of amides is 1. The highest BCUT2D eigenvalue weighted by Crippen LogP contribution is 2.13. The fourth-order valence-corrected chi connectivity index (χ4v) is 2.73. The summed E-state index contributed by atoms with van der Waals surface area (Å²) in [4.78, 5) is 22.2. The summed E-state index contributed by atoms with van der Waals surface area (Å²) in [5.74, 6) is -0.961. The van der Waals surface area contributed by atoms with Crippen LogP contribution in [0, 0.1) is 0 Å². The van der Waals surface area contributed by atoms with Crippen molar-refractivity contribution < 1.29 is 23.1 Å². The molecule has 2 N–H and O–H groups in total. The summed E-state index contributed by atoms with van der Waals surface area (Å²) in [6, 6.07) is 6.53. The number of rotatable bonds is 9. The highest BCUT2D eigenvalue weighted by molar-refractivity contribution is 7.91. The lowest BCUT2D eigenvalue weighted by molar-refractivity contribution is -0.137. The van der Waals surface area contributed by atoms with E-state index in [1.807, 2.05) is 0 Å². The summed E-state index contributed by atoms with van der Waals surface area (Å²) < 4.78 is 23.3. The van der Waals surface area contributed by atoms with Crippen molar-refractivity contribution in [3.05, 3.63) is 29.8 Å². The first-order valence-electron chi connectivity index (χ1n) is 7.15. The van der Waals surface area contributed by atoms with Crippen molar-refractivity contribution in [3.63, 3.8) is 0 Å². The Kier molecular flexibility index (Phi) is 7.04. The van der Waals surface area contributed by atoms with Gasteiger partial charge in [0.05, 0.1) is 10.6 Å². The van der Waals surface area contributed by atoms with Crippen LogP contribution < -0.4 is 5.32 Å². The van der Waals surface area contributed by atoms with Gasteiger partial charge in [-0.1, -0.05) is 19.1 Å². The number of aryl methyl sites for hydroxylation is 1. The van der Waals surface area contributed by atoms with Crippen LogP contribution in [0.2, 0.25) is 0 Å². The molecule has 0 heterocycles. The first kappa shape index (κ1) is 18.2. The van der Waals surface area contributed by atoms with E-state index in [-0.39, 0.29) is 29.4 Å². The fourth-order valence-electron chi connectivity index (χ4n) is 1.84. The zero-order chi connectivity index (χ0) is 16.6. The molecule has 1 amide bonds. The van der Waals surface area contributed by atoms with Crippen LogP contribution in [0.4, 0.5) is 0 Å². The van der Waals surface area contributed by atoms with E-state index in [0.717, 1.165) is 5.56 Å². The van der Waals surface area contributed by atoms with Crippen molar-refractivity contribution in [3.8, 4) is 0 Å². The molecule has 0 saturated heterocycles. The topological polar surface area (TPSA) is 101 Å². The maximum Gasteiger partial charge on any atom is 0.303 e. The molecule has 0 aromatic heterocycles. The Morgan fingerprint density at radius 3 is 2.32 bits per heavy atom. The second-order valence-corrected chi connectivity index (χ2v) is 7.17. The molecule has 0 aliphatic heterocycles. The second kappa shape index (κ2) is 8.53. The van der Waals surface area contributed by atoms with Crippen LogP contribution in [0.1, 0.15) is 31.7 Å². The van der Waals surface area contributed by atoms with Crippen LogP contribution in [-0.2, 0) is 25.8 Å². The van der Waals surface area contributed by atoms with Crippen LogP contribution in [-0.4, -0.2) is 37.7 Å². The zero-order valence-electron chi connectivity index (χ0n) is 12.5. The lowest BCUT2D eigenvalue weighted by atomic mass is 10.1. The van der Waals surface area contributed by atoms with E-state index in [0.29, 0.717) is 19.4 Å². The molecule has 1 aromatic rings. The van der Waals surface area contributed by atoms with E-state index in [1.54, 1.807) is 31.2 Å². The molecule has 7 heteroatoms. The first-order valence-corrected chi connectivity index (χ1v) is 8.80. The Balaban J connectivity index is 2.39. The molecule has 6 nitrogen and oxygen atoms in total. The number of carboxylic acids is 1. The third-order valence-electron chi connectivity index (χ3n) is 3.19. The van der Waals surface area contributed by atoms with E-state index < -0.39 is 15.8 Å². The summed E-state index contributed by atoms with van der Waals surface area (Å²) in [6.07, 6.45) is 1.24. The van der Waals surface area contributed by atoms with Crippen molar-refractivity contribution in [1.29, 1.82) is 0 Å². The molecule has 0 fully saturated rings. The van der Waals surface area contributed by atoms with E-state index >= 15 is 0 Å². The smallest absolute Gasteiger partial charge is 0.303 e. The molecule has 1 rings (SSSR count). The molecule has 0 unspecified atom stereocenters. The van der Waals surface area contributed by atoms with Crippen molar-refractivity contribution in [1.82, 2.24) is 5.32 Å². The molecule has 0 aliphatic carbocycles.